The Balaban J connectivity index is 2.35. The van der Waals surface area contributed by atoms with Crippen LogP contribution in [0.3, 0.4) is 0 Å². The van der Waals surface area contributed by atoms with Gasteiger partial charge in [0.05, 0.1) is 0 Å². The molecule has 0 aliphatic heterocycles. The fourth-order valence-corrected chi connectivity index (χ4v) is 1.50. The molecule has 0 bridgehead atoms. The van der Waals surface area contributed by atoms with Crippen molar-refractivity contribution in [3.05, 3.63) is 40.8 Å². The van der Waals surface area contributed by atoms with Crippen molar-refractivity contribution < 1.29 is 4.42 Å². The highest BCUT2D eigenvalue weighted by molar-refractivity contribution is 7.80. The summed E-state index contributed by atoms with van der Waals surface area (Å²) in [5.74, 6) is 0. The molecule has 1 aromatic carbocycles. The molecule has 0 saturated carbocycles. The Morgan fingerprint density at radius 3 is 2.76 bits per heavy atom. The topological polar surface area (TPSA) is 45.5 Å². The molecular weight excluding hydrogens is 236 g/mol. The SMILES string of the molecule is CN(C)C(=S)Nc1ccc2oc(=O)ccc2c1. The first-order valence-electron chi connectivity index (χ1n) is 5.08. The highest BCUT2D eigenvalue weighted by atomic mass is 32.1. The molecule has 0 aliphatic carbocycles. The van der Waals surface area contributed by atoms with Crippen molar-refractivity contribution in [3.63, 3.8) is 0 Å². The Morgan fingerprint density at radius 2 is 2.06 bits per heavy atom. The lowest BCUT2D eigenvalue weighted by Gasteiger charge is -2.15. The summed E-state index contributed by atoms with van der Waals surface area (Å²) in [6.07, 6.45) is 0. The van der Waals surface area contributed by atoms with E-state index in [0.717, 1.165) is 11.1 Å². The molecule has 0 saturated heterocycles. The van der Waals surface area contributed by atoms with E-state index in [2.05, 4.69) is 5.32 Å². The van der Waals surface area contributed by atoms with E-state index in [0.29, 0.717) is 10.7 Å². The van der Waals surface area contributed by atoms with Crippen LogP contribution in [0.2, 0.25) is 0 Å². The van der Waals surface area contributed by atoms with Gasteiger partial charge in [0.1, 0.15) is 5.58 Å². The van der Waals surface area contributed by atoms with Crippen molar-refractivity contribution in [3.8, 4) is 0 Å². The quantitative estimate of drug-likeness (QED) is 0.618. The van der Waals surface area contributed by atoms with Gasteiger partial charge in [-0.2, -0.15) is 0 Å². The number of nitrogens with one attached hydrogen (secondary N) is 1. The Bertz CT molecular complexity index is 619. The van der Waals surface area contributed by atoms with Gasteiger partial charge in [0.25, 0.3) is 0 Å². The normalized spacial score (nSPS) is 10.2. The predicted octanol–water partition coefficient (Wildman–Crippen LogP) is 2.05. The molecule has 17 heavy (non-hydrogen) atoms. The van der Waals surface area contributed by atoms with Gasteiger partial charge in [-0.15, -0.1) is 0 Å². The molecule has 1 N–H and O–H groups in total. The second kappa shape index (κ2) is 4.55. The molecule has 88 valence electrons. The van der Waals surface area contributed by atoms with Gasteiger partial charge in [-0.1, -0.05) is 0 Å². The maximum absolute atomic E-state index is 11.0. The molecule has 0 spiro atoms. The van der Waals surface area contributed by atoms with Gasteiger partial charge in [-0.05, 0) is 36.5 Å². The predicted molar refractivity (Wildman–Crippen MR) is 72.4 cm³/mol. The molecule has 2 aromatic rings. The Morgan fingerprint density at radius 1 is 1.29 bits per heavy atom. The van der Waals surface area contributed by atoms with E-state index in [-0.39, 0.29) is 5.63 Å². The fourth-order valence-electron chi connectivity index (χ4n) is 1.38. The number of nitrogens with zero attached hydrogens (tertiary/aromatic N) is 1. The summed E-state index contributed by atoms with van der Waals surface area (Å²) in [7, 11) is 3.74. The molecule has 0 fully saturated rings. The van der Waals surface area contributed by atoms with E-state index < -0.39 is 0 Å². The summed E-state index contributed by atoms with van der Waals surface area (Å²) < 4.78 is 5.04. The van der Waals surface area contributed by atoms with Crippen molar-refractivity contribution in [2.24, 2.45) is 0 Å². The van der Waals surface area contributed by atoms with Crippen molar-refractivity contribution in [1.82, 2.24) is 4.90 Å². The minimum absolute atomic E-state index is 0.345. The van der Waals surface area contributed by atoms with Gasteiger partial charge in [0.15, 0.2) is 5.11 Å². The van der Waals surface area contributed by atoms with Gasteiger partial charge in [0, 0.05) is 31.2 Å². The molecule has 5 heteroatoms. The highest BCUT2D eigenvalue weighted by Gasteiger charge is 2.02. The van der Waals surface area contributed by atoms with Crippen molar-refractivity contribution in [1.29, 1.82) is 0 Å². The summed E-state index contributed by atoms with van der Waals surface area (Å²) >= 11 is 5.14. The second-order valence-corrected chi connectivity index (χ2v) is 4.22. The van der Waals surface area contributed by atoms with Gasteiger partial charge < -0.3 is 14.6 Å². The molecule has 0 unspecified atom stereocenters. The summed E-state index contributed by atoms with van der Waals surface area (Å²) in [6.45, 7) is 0. The van der Waals surface area contributed by atoms with Crippen LogP contribution in [0.5, 0.6) is 0 Å². The minimum atomic E-state index is -0.345. The average molecular weight is 248 g/mol. The maximum atomic E-state index is 11.0. The maximum Gasteiger partial charge on any atom is 0.336 e. The first kappa shape index (κ1) is 11.6. The zero-order valence-electron chi connectivity index (χ0n) is 9.56. The van der Waals surface area contributed by atoms with Gasteiger partial charge in [-0.25, -0.2) is 4.79 Å². The van der Waals surface area contributed by atoms with Crippen molar-refractivity contribution in [2.45, 2.75) is 0 Å². The Hall–Kier alpha value is -1.88. The average Bonchev–Trinajstić information content (AvgIpc) is 2.29. The van der Waals surface area contributed by atoms with E-state index in [4.69, 9.17) is 16.6 Å². The Labute approximate surface area is 104 Å². The van der Waals surface area contributed by atoms with Crippen LogP contribution in [-0.4, -0.2) is 24.1 Å². The largest absolute Gasteiger partial charge is 0.423 e. The zero-order chi connectivity index (χ0) is 12.4. The van der Waals surface area contributed by atoms with Gasteiger partial charge in [0.2, 0.25) is 0 Å². The van der Waals surface area contributed by atoms with E-state index in [1.54, 1.807) is 12.1 Å². The van der Waals surface area contributed by atoms with Crippen LogP contribution in [0, 0.1) is 0 Å². The monoisotopic (exact) mass is 248 g/mol. The van der Waals surface area contributed by atoms with Gasteiger partial charge >= 0.3 is 5.63 Å². The van der Waals surface area contributed by atoms with Crippen LogP contribution in [0.4, 0.5) is 5.69 Å². The number of fused-ring (bicyclic) bond motifs is 1. The van der Waals surface area contributed by atoms with E-state index in [9.17, 15) is 4.79 Å². The summed E-state index contributed by atoms with van der Waals surface area (Å²) in [5, 5.41) is 4.57. The van der Waals surface area contributed by atoms with E-state index >= 15 is 0 Å². The van der Waals surface area contributed by atoms with Crippen LogP contribution in [-0.2, 0) is 0 Å². The molecule has 4 nitrogen and oxygen atoms in total. The number of rotatable bonds is 1. The van der Waals surface area contributed by atoms with Crippen molar-refractivity contribution in [2.75, 3.05) is 19.4 Å². The molecule has 1 aromatic heterocycles. The van der Waals surface area contributed by atoms with Crippen LogP contribution < -0.4 is 10.9 Å². The highest BCUT2D eigenvalue weighted by Crippen LogP contribution is 2.17. The van der Waals surface area contributed by atoms with Crippen LogP contribution in [0.1, 0.15) is 0 Å². The molecule has 1 heterocycles. The van der Waals surface area contributed by atoms with Crippen molar-refractivity contribution >= 4 is 34.0 Å². The van der Waals surface area contributed by atoms with Crippen LogP contribution in [0.15, 0.2) is 39.5 Å². The third-order valence-electron chi connectivity index (χ3n) is 2.28. The Kier molecular flexibility index (Phi) is 3.10. The molecule has 0 atom stereocenters. The summed E-state index contributed by atoms with van der Waals surface area (Å²) in [5.41, 5.74) is 1.09. The lowest BCUT2D eigenvalue weighted by atomic mass is 10.2. The molecule has 2 rings (SSSR count). The van der Waals surface area contributed by atoms with Crippen LogP contribution in [0.25, 0.3) is 11.0 Å². The van der Waals surface area contributed by atoms with E-state index in [1.165, 1.54) is 6.07 Å². The molecule has 0 amide bonds. The second-order valence-electron chi connectivity index (χ2n) is 3.83. The lowest BCUT2D eigenvalue weighted by molar-refractivity contribution is 0.561. The minimum Gasteiger partial charge on any atom is -0.423 e. The lowest BCUT2D eigenvalue weighted by Crippen LogP contribution is -2.26. The first-order chi connectivity index (χ1) is 8.06. The summed E-state index contributed by atoms with van der Waals surface area (Å²) in [6, 6.07) is 8.58. The summed E-state index contributed by atoms with van der Waals surface area (Å²) in [4.78, 5) is 12.8. The first-order valence-corrected chi connectivity index (χ1v) is 5.49. The fraction of sp³-hybridized carbons (Fsp3) is 0.167. The smallest absolute Gasteiger partial charge is 0.336 e. The number of anilines is 1. The molecule has 0 aliphatic rings. The third kappa shape index (κ3) is 2.62. The number of hydrogen-bond acceptors (Lipinski definition) is 3. The standard InChI is InChI=1S/C12H12N2O2S/c1-14(2)12(17)13-9-4-5-10-8(7-9)3-6-11(15)16-10/h3-7H,1-2H3,(H,13,17). The number of hydrogen-bond donors (Lipinski definition) is 1. The third-order valence-corrected chi connectivity index (χ3v) is 2.74. The van der Waals surface area contributed by atoms with Gasteiger partial charge in [-0.3, -0.25) is 0 Å². The number of benzene rings is 1. The molecular formula is C12H12N2O2S. The number of thiocarbonyl (C=S) groups is 1. The van der Waals surface area contributed by atoms with E-state index in [1.807, 2.05) is 31.1 Å². The molecule has 0 radical (unpaired) electrons. The zero-order valence-corrected chi connectivity index (χ0v) is 10.4. The van der Waals surface area contributed by atoms with Crippen LogP contribution >= 0.6 is 12.2 Å².